The number of hydrogen-bond acceptors (Lipinski definition) is 8. The summed E-state index contributed by atoms with van der Waals surface area (Å²) in [5.41, 5.74) is 2.14. The summed E-state index contributed by atoms with van der Waals surface area (Å²) in [7, 11) is 3.78. The minimum absolute atomic E-state index is 0.0779. The Hall–Kier alpha value is -5.25. The van der Waals surface area contributed by atoms with Gasteiger partial charge in [0.2, 0.25) is 0 Å². The number of carbonyl (C=O) groups excluding carboxylic acids is 3. The number of benzene rings is 2. The molecule has 4 amide bonds. The number of aryl methyl sites for hydroxylation is 1. The molecule has 1 fully saturated rings. The van der Waals surface area contributed by atoms with E-state index in [1.165, 1.54) is 11.3 Å². The van der Waals surface area contributed by atoms with E-state index in [0.717, 1.165) is 5.56 Å². The quantitative estimate of drug-likeness (QED) is 0.161. The Kier molecular flexibility index (Phi) is 8.92. The van der Waals surface area contributed by atoms with Gasteiger partial charge < -0.3 is 25.2 Å². The number of aromatic nitrogens is 1. The largest absolute Gasteiger partial charge is 0.457 e. The van der Waals surface area contributed by atoms with Crippen LogP contribution in [0.3, 0.4) is 0 Å². The molecule has 2 aromatic carbocycles. The van der Waals surface area contributed by atoms with Crippen LogP contribution < -0.4 is 20.3 Å². The third kappa shape index (κ3) is 6.34. The summed E-state index contributed by atoms with van der Waals surface area (Å²) in [6, 6.07) is 18.1. The molecule has 11 nitrogen and oxygen atoms in total. The van der Waals surface area contributed by atoms with Crippen molar-refractivity contribution in [3.05, 3.63) is 82.9 Å². The fraction of sp³-hybridized carbons (Fsp3) is 0.306. The SMILES string of the molecule is Cc1cc(Oc2ccccc2)ccc1N1C(=O)Nc2c(C(=O)NC3CCCN(C(=O)/C(C#N)=C/C(C)(C)N(C)C)C3)sc3nccc1c23. The zero-order chi connectivity index (χ0) is 34.2. The molecular formula is C36H37N7O4S. The summed E-state index contributed by atoms with van der Waals surface area (Å²) in [4.78, 5) is 51.4. The molecule has 4 aromatic rings. The van der Waals surface area contributed by atoms with Gasteiger partial charge in [0.1, 0.15) is 32.8 Å². The number of nitriles is 1. The second-order valence-corrected chi connectivity index (χ2v) is 13.7. The molecule has 1 saturated heterocycles. The number of likely N-dealkylation sites (tertiary alicyclic amines) is 1. The summed E-state index contributed by atoms with van der Waals surface area (Å²) in [5.74, 6) is 0.662. The number of rotatable bonds is 8. The summed E-state index contributed by atoms with van der Waals surface area (Å²) < 4.78 is 5.99. The third-order valence-electron chi connectivity index (χ3n) is 8.89. The highest BCUT2D eigenvalue weighted by atomic mass is 32.1. The van der Waals surface area contributed by atoms with Crippen molar-refractivity contribution >= 4 is 56.5 Å². The van der Waals surface area contributed by atoms with Crippen LogP contribution in [0.2, 0.25) is 0 Å². The van der Waals surface area contributed by atoms with E-state index in [1.807, 2.05) is 88.3 Å². The van der Waals surface area contributed by atoms with E-state index in [4.69, 9.17) is 4.74 Å². The van der Waals surface area contributed by atoms with Crippen molar-refractivity contribution in [1.82, 2.24) is 20.1 Å². The number of urea groups is 1. The van der Waals surface area contributed by atoms with Gasteiger partial charge in [-0.25, -0.2) is 9.78 Å². The smallest absolute Gasteiger partial charge is 0.331 e. The number of nitrogens with zero attached hydrogens (tertiary/aromatic N) is 5. The van der Waals surface area contributed by atoms with Crippen LogP contribution in [0.25, 0.3) is 10.2 Å². The van der Waals surface area contributed by atoms with E-state index >= 15 is 0 Å². The van der Waals surface area contributed by atoms with Crippen LogP contribution in [0.4, 0.5) is 21.9 Å². The van der Waals surface area contributed by atoms with Gasteiger partial charge in [-0.15, -0.1) is 11.3 Å². The van der Waals surface area contributed by atoms with Crippen molar-refractivity contribution in [2.45, 2.75) is 45.2 Å². The lowest BCUT2D eigenvalue weighted by molar-refractivity contribution is -0.128. The molecule has 246 valence electrons. The molecule has 0 aliphatic carbocycles. The second-order valence-electron chi connectivity index (χ2n) is 12.7. The van der Waals surface area contributed by atoms with Crippen LogP contribution in [0.1, 0.15) is 41.9 Å². The van der Waals surface area contributed by atoms with Crippen molar-refractivity contribution in [1.29, 1.82) is 5.26 Å². The molecule has 12 heteroatoms. The highest BCUT2D eigenvalue weighted by Gasteiger charge is 2.35. The van der Waals surface area contributed by atoms with Gasteiger partial charge in [-0.2, -0.15) is 5.26 Å². The molecule has 2 aliphatic rings. The molecule has 2 aliphatic heterocycles. The Morgan fingerprint density at radius 2 is 1.92 bits per heavy atom. The lowest BCUT2D eigenvalue weighted by atomic mass is 9.98. The van der Waals surface area contributed by atoms with Crippen LogP contribution in [0.5, 0.6) is 11.5 Å². The topological polar surface area (TPSA) is 131 Å². The maximum Gasteiger partial charge on any atom is 0.331 e. The third-order valence-corrected chi connectivity index (χ3v) is 9.98. The Morgan fingerprint density at radius 1 is 1.15 bits per heavy atom. The zero-order valence-corrected chi connectivity index (χ0v) is 28.4. The molecule has 1 atom stereocenters. The number of ether oxygens (including phenoxy) is 1. The molecule has 4 heterocycles. The molecule has 0 radical (unpaired) electrons. The number of para-hydroxylation sites is 1. The van der Waals surface area contributed by atoms with Crippen molar-refractivity contribution in [3.63, 3.8) is 0 Å². The lowest BCUT2D eigenvalue weighted by Crippen LogP contribution is -2.50. The average molecular weight is 664 g/mol. The van der Waals surface area contributed by atoms with E-state index in [-0.39, 0.29) is 30.0 Å². The second kappa shape index (κ2) is 13.1. The molecule has 0 bridgehead atoms. The number of nitrogens with one attached hydrogen (secondary N) is 2. The first kappa shape index (κ1) is 32.7. The van der Waals surface area contributed by atoms with Crippen molar-refractivity contribution < 1.29 is 19.1 Å². The summed E-state index contributed by atoms with van der Waals surface area (Å²) in [6.07, 6.45) is 4.68. The number of pyridine rings is 1. The Labute approximate surface area is 283 Å². The van der Waals surface area contributed by atoms with Gasteiger partial charge in [0, 0.05) is 30.9 Å². The summed E-state index contributed by atoms with van der Waals surface area (Å²) >= 11 is 1.21. The first-order chi connectivity index (χ1) is 23.0. The number of hydrogen-bond donors (Lipinski definition) is 2. The zero-order valence-electron chi connectivity index (χ0n) is 27.5. The van der Waals surface area contributed by atoms with Crippen LogP contribution >= 0.6 is 11.3 Å². The minimum Gasteiger partial charge on any atom is -0.457 e. The highest BCUT2D eigenvalue weighted by molar-refractivity contribution is 7.21. The minimum atomic E-state index is -0.488. The van der Waals surface area contributed by atoms with Gasteiger partial charge in [0.15, 0.2) is 0 Å². The Bertz CT molecular complexity index is 1980. The number of carbonyl (C=O) groups is 3. The van der Waals surface area contributed by atoms with Crippen LogP contribution in [0, 0.1) is 18.3 Å². The van der Waals surface area contributed by atoms with Crippen molar-refractivity contribution in [2.75, 3.05) is 37.4 Å². The van der Waals surface area contributed by atoms with Gasteiger partial charge in [0.05, 0.1) is 22.4 Å². The number of piperidine rings is 1. The monoisotopic (exact) mass is 663 g/mol. The van der Waals surface area contributed by atoms with E-state index in [9.17, 15) is 19.6 Å². The predicted molar refractivity (Wildman–Crippen MR) is 187 cm³/mol. The van der Waals surface area contributed by atoms with Gasteiger partial charge in [-0.1, -0.05) is 18.2 Å². The molecule has 1 unspecified atom stereocenters. The Morgan fingerprint density at radius 3 is 2.62 bits per heavy atom. The van der Waals surface area contributed by atoms with E-state index < -0.39 is 11.6 Å². The number of likely N-dealkylation sites (N-methyl/N-ethyl adjacent to an activating group) is 1. The Balaban J connectivity index is 1.22. The molecule has 2 aromatic heterocycles. The molecule has 2 N–H and O–H groups in total. The lowest BCUT2D eigenvalue weighted by Gasteiger charge is -2.34. The van der Waals surface area contributed by atoms with Gasteiger partial charge in [-0.05, 0) is 95.7 Å². The number of thiophene rings is 1. The van der Waals surface area contributed by atoms with Gasteiger partial charge >= 0.3 is 6.03 Å². The van der Waals surface area contributed by atoms with Crippen molar-refractivity contribution in [2.24, 2.45) is 0 Å². The molecule has 6 rings (SSSR count). The highest BCUT2D eigenvalue weighted by Crippen LogP contribution is 2.46. The molecule has 0 spiro atoms. The van der Waals surface area contributed by atoms with Gasteiger partial charge in [0.25, 0.3) is 11.8 Å². The normalized spacial score (nSPS) is 16.5. The van der Waals surface area contributed by atoms with Crippen LogP contribution in [-0.4, -0.2) is 71.4 Å². The van der Waals surface area contributed by atoms with Crippen LogP contribution in [-0.2, 0) is 4.79 Å². The van der Waals surface area contributed by atoms with E-state index in [0.29, 0.717) is 63.0 Å². The first-order valence-corrected chi connectivity index (χ1v) is 16.5. The molecular weight excluding hydrogens is 627 g/mol. The summed E-state index contributed by atoms with van der Waals surface area (Å²) in [5, 5.41) is 16.5. The number of amides is 4. The predicted octanol–water partition coefficient (Wildman–Crippen LogP) is 6.59. The van der Waals surface area contributed by atoms with E-state index in [2.05, 4.69) is 21.7 Å². The summed E-state index contributed by atoms with van der Waals surface area (Å²) in [6.45, 7) is 6.56. The maximum absolute atomic E-state index is 13.7. The number of anilines is 3. The molecule has 0 saturated carbocycles. The first-order valence-electron chi connectivity index (χ1n) is 15.7. The average Bonchev–Trinajstić information content (AvgIpc) is 3.44. The standard InChI is InChI=1S/C36H37N7O4S/c1-22-18-26(47-25-11-7-6-8-12-25)13-14-27(22)43-28-15-16-38-33-29(28)30(40-35(43)46)31(48-33)32(44)39-24-10-9-17-42(21-24)34(45)23(20-37)19-36(2,3)41(4)5/h6-8,11-16,18-19,24H,9-10,17,21H2,1-5H3,(H,39,44)(H,40,46)/b23-19+. The van der Waals surface area contributed by atoms with Crippen LogP contribution in [0.15, 0.2) is 72.4 Å². The fourth-order valence-electron chi connectivity index (χ4n) is 5.88. The maximum atomic E-state index is 13.7. The van der Waals surface area contributed by atoms with E-state index in [1.54, 1.807) is 28.1 Å². The van der Waals surface area contributed by atoms with Gasteiger partial charge in [-0.3, -0.25) is 14.5 Å². The fourth-order valence-corrected chi connectivity index (χ4v) is 6.90. The molecule has 48 heavy (non-hydrogen) atoms. The van der Waals surface area contributed by atoms with Crippen molar-refractivity contribution in [3.8, 4) is 17.6 Å².